The second kappa shape index (κ2) is 51.7. The number of aliphatic carboxylic acids is 1. The summed E-state index contributed by atoms with van der Waals surface area (Å²) in [6.07, 6.45) is -10.7. The highest BCUT2D eigenvalue weighted by atomic mass is 35.5. The fraction of sp³-hybridized carbons (Fsp3) is 0.174. The molecule has 0 saturated carbocycles. The first-order valence-electron chi connectivity index (χ1n) is 38.0. The minimum atomic E-state index is -4.52. The number of carbonyl (C=O) groups is 8. The summed E-state index contributed by atoms with van der Waals surface area (Å²) in [6, 6.07) is 51.4. The van der Waals surface area contributed by atoms with Crippen LogP contribution >= 0.6 is 23.2 Å². The first-order valence-corrected chi connectivity index (χ1v) is 38.8. The number of hydrogen-bond acceptors (Lipinski definition) is 24. The number of carboxylic acids is 2. The number of nitro benzene ring substituents is 5. The number of amides is 3. The number of nitro groups is 5. The summed E-state index contributed by atoms with van der Waals surface area (Å²) in [4.78, 5) is 149. The predicted octanol–water partition coefficient (Wildman–Crippen LogP) is 18.5. The van der Waals surface area contributed by atoms with E-state index in [1.165, 1.54) is 171 Å². The smallest absolute Gasteiger partial charge is 0.434 e. The Morgan fingerprint density at radius 1 is 0.407 bits per heavy atom. The maximum Gasteiger partial charge on any atom is 0.434 e. The van der Waals surface area contributed by atoms with Crippen molar-refractivity contribution in [2.45, 2.75) is 73.9 Å². The molecule has 0 fully saturated rings. The number of nitrogen functional groups attached to an aromatic ring is 1. The average Bonchev–Trinajstić information content (AvgIpc) is 1.71. The summed E-state index contributed by atoms with van der Waals surface area (Å²) >= 11 is 11.3. The standard InChI is InChI=1S/C18H13ClF3N3O.C11H8F3N3O2.C11H10F3N3.C11H12N2O4.C10H10N2O5.C9H10N2O3.C7H5ClO2.C6H4FNO2.C3H7NO/c1-11-23-16(18(20,21)22)10-25(11)15-8-6-14(7-9-15)24-17(26)12-2-4-13(19)5-3-12;1-7-15-10(11(12,13)14)6-16(7)8-2-4-9(5-3-8)17(18)19;1-7-16-10(11(12,13)14)6-17(7)9-4-2-8(15)3-5-9;1-8(14)7-12(9(2)15)10-3-5-11(6-4-10)13(16)17;1-7(13)11(6-10(14)15)8-2-4-9(5-3-8)12(16)17;1-7(12)6-10-8-2-4-9(5-3-8)11(13)14;8-6-3-1-5(2-4-6)7(9)10;7-5-1-3-6(4-2-5)8(9)10;1-3(5)2-4/h2-10H,1H3,(H,24,26);2-6H,1H3;2-6H,15H2,1H3;3-6H,7H2,1-2H3;2-5H,6H2,1H3,(H,14,15);2-5,10H,6H2,1H3;1-4H,(H,9,10);1-4H;2,4H2,1H3. The lowest BCUT2D eigenvalue weighted by Crippen LogP contribution is -2.33. The van der Waals surface area contributed by atoms with Crippen LogP contribution in [0.25, 0.3) is 17.1 Å². The zero-order valence-corrected chi connectivity index (χ0v) is 73.1. The van der Waals surface area contributed by atoms with Crippen molar-refractivity contribution in [3.63, 3.8) is 0 Å². The van der Waals surface area contributed by atoms with Crippen LogP contribution in [0.4, 0.5) is 101 Å². The second-order valence-electron chi connectivity index (χ2n) is 27.2. The highest BCUT2D eigenvalue weighted by Gasteiger charge is 2.37. The molecule has 0 aliphatic heterocycles. The van der Waals surface area contributed by atoms with E-state index in [-0.39, 0.29) is 100 Å². The van der Waals surface area contributed by atoms with Crippen LogP contribution in [0.1, 0.15) is 89.9 Å². The number of halogens is 12. The van der Waals surface area contributed by atoms with E-state index in [0.717, 1.165) is 47.8 Å². The first kappa shape index (κ1) is 111. The highest BCUT2D eigenvalue weighted by molar-refractivity contribution is 6.31. The van der Waals surface area contributed by atoms with Crippen LogP contribution in [0.2, 0.25) is 10.0 Å². The van der Waals surface area contributed by atoms with Crippen molar-refractivity contribution in [3.8, 4) is 17.1 Å². The molecule has 8 N–H and O–H groups in total. The zero-order valence-electron chi connectivity index (χ0n) is 71.6. The van der Waals surface area contributed by atoms with Gasteiger partial charge in [-0.15, -0.1) is 0 Å². The number of hydrogen-bond donors (Lipinski definition) is 6. The van der Waals surface area contributed by atoms with Crippen molar-refractivity contribution < 1.29 is 117 Å². The van der Waals surface area contributed by atoms with Crippen molar-refractivity contribution in [1.29, 1.82) is 0 Å². The Balaban J connectivity index is 0.000000325. The summed E-state index contributed by atoms with van der Waals surface area (Å²) in [7, 11) is 0. The number of aryl methyl sites for hydroxylation is 3. The lowest BCUT2D eigenvalue weighted by molar-refractivity contribution is -0.385. The number of imidazole rings is 3. The Labute approximate surface area is 767 Å². The third kappa shape index (κ3) is 38.2. The molecule has 3 amide bonds. The molecule has 712 valence electrons. The lowest BCUT2D eigenvalue weighted by atomic mass is 10.2. The molecule has 0 atom stereocenters. The van der Waals surface area contributed by atoms with Gasteiger partial charge in [-0.1, -0.05) is 23.2 Å². The number of alkyl halides is 9. The Hall–Kier alpha value is -16.6. The van der Waals surface area contributed by atoms with Crippen molar-refractivity contribution in [2.75, 3.05) is 52.3 Å². The molecule has 0 radical (unpaired) electrons. The number of rotatable bonds is 21. The molecule has 0 saturated heterocycles. The number of nitrogens with one attached hydrogen (secondary N) is 2. The first-order chi connectivity index (χ1) is 63.0. The number of anilines is 5. The second-order valence-corrected chi connectivity index (χ2v) is 28.0. The fourth-order valence-corrected chi connectivity index (χ4v) is 10.5. The number of nitrogens with zero attached hydrogens (tertiary/aromatic N) is 13. The molecule has 37 nitrogen and oxygen atoms in total. The molecule has 9 aromatic carbocycles. The SMILES string of the molecule is CC(=O)CN.CC(=O)CN(C(C)=O)c1ccc([N+](=O)[O-])cc1.CC(=O)CNc1ccc([N+](=O)[O-])cc1.CC(=O)N(CC(=O)O)c1ccc([N+](=O)[O-])cc1.Cc1nc(C(F)(F)F)cn1-c1ccc(N)cc1.Cc1nc(C(F)(F)F)cn1-c1ccc(NC(=O)c2ccc(Cl)cc2)cc1.Cc1nc(C(F)(F)F)cn1-c1ccc([N+](=O)[O-])cc1.O=C(O)c1ccc(Cl)cc1.O=[N+]([O-])c1ccc(F)cc1. The topological polar surface area (TPSA) is 529 Å². The Morgan fingerprint density at radius 3 is 0.963 bits per heavy atom. The number of non-ortho nitro benzene ring substituents is 5. The molecule has 0 aliphatic rings. The third-order valence-corrected chi connectivity index (χ3v) is 17.3. The van der Waals surface area contributed by atoms with Crippen LogP contribution in [0, 0.1) is 77.2 Å². The minimum Gasteiger partial charge on any atom is -0.480 e. The average molecular weight is 1930 g/mol. The van der Waals surface area contributed by atoms with Crippen LogP contribution in [0.15, 0.2) is 237 Å². The van der Waals surface area contributed by atoms with E-state index >= 15 is 0 Å². The van der Waals surface area contributed by atoms with E-state index in [4.69, 9.17) is 44.9 Å². The van der Waals surface area contributed by atoms with Crippen molar-refractivity contribution in [2.24, 2.45) is 5.73 Å². The van der Waals surface area contributed by atoms with E-state index in [1.807, 2.05) is 0 Å². The largest absolute Gasteiger partial charge is 0.480 e. The van der Waals surface area contributed by atoms with Gasteiger partial charge in [0.1, 0.15) is 47.2 Å². The fourth-order valence-electron chi connectivity index (χ4n) is 10.2. The predicted molar refractivity (Wildman–Crippen MR) is 474 cm³/mol. The molecule has 3 heterocycles. The molecule has 0 unspecified atom stereocenters. The lowest BCUT2D eigenvalue weighted by Gasteiger charge is -2.19. The number of carboxylic acid groups (broad SMARTS) is 2. The third-order valence-electron chi connectivity index (χ3n) is 16.8. The van der Waals surface area contributed by atoms with Gasteiger partial charge in [0.05, 0.1) is 49.8 Å². The van der Waals surface area contributed by atoms with E-state index < -0.39 is 90.4 Å². The summed E-state index contributed by atoms with van der Waals surface area (Å²) in [6.45, 7) is 11.2. The number of Topliss-reactive ketones (excluding diaryl/α,β-unsaturated/α-hetero) is 3. The van der Waals surface area contributed by atoms with Crippen LogP contribution in [-0.2, 0) is 47.3 Å². The quantitative estimate of drug-likeness (QED) is 0.0168. The van der Waals surface area contributed by atoms with Crippen LogP contribution < -0.4 is 31.9 Å². The number of ketones is 3. The van der Waals surface area contributed by atoms with E-state index in [9.17, 15) is 133 Å². The summed E-state index contributed by atoms with van der Waals surface area (Å²) in [5, 5.41) is 75.4. The van der Waals surface area contributed by atoms with Crippen LogP contribution in [0.5, 0.6) is 0 Å². The normalized spacial score (nSPS) is 10.4. The van der Waals surface area contributed by atoms with Crippen LogP contribution in [0.3, 0.4) is 0 Å². The molecular weight excluding hydrogens is 1850 g/mol. The van der Waals surface area contributed by atoms with Crippen molar-refractivity contribution in [1.82, 2.24) is 28.7 Å². The van der Waals surface area contributed by atoms with E-state index in [0.29, 0.717) is 61.1 Å². The van der Waals surface area contributed by atoms with Crippen LogP contribution in [-0.4, -0.2) is 137 Å². The molecule has 12 aromatic rings. The van der Waals surface area contributed by atoms with Crippen molar-refractivity contribution in [3.05, 3.63) is 349 Å². The van der Waals surface area contributed by atoms with Crippen molar-refractivity contribution >= 4 is 127 Å². The molecule has 12 rings (SSSR count). The summed E-state index contributed by atoms with van der Waals surface area (Å²) < 4.78 is 129. The Bertz CT molecular complexity index is 5960. The van der Waals surface area contributed by atoms with Gasteiger partial charge in [-0.25, -0.2) is 24.1 Å². The molecule has 49 heteroatoms. The maximum absolute atomic E-state index is 12.8. The van der Waals surface area contributed by atoms with Gasteiger partial charge < -0.3 is 55.8 Å². The molecule has 0 bridgehead atoms. The maximum atomic E-state index is 12.8. The van der Waals surface area contributed by atoms with Gasteiger partial charge >= 0.3 is 30.5 Å². The molecule has 0 spiro atoms. The summed E-state index contributed by atoms with van der Waals surface area (Å²) in [5.74, 6) is -3.05. The van der Waals surface area contributed by atoms with Gasteiger partial charge in [-0.05, 0) is 199 Å². The molecular formula is C86H79Cl2F10N17O20. The number of aromatic nitrogens is 6. The monoisotopic (exact) mass is 1930 g/mol. The Kier molecular flexibility index (Phi) is 42.4. The summed E-state index contributed by atoms with van der Waals surface area (Å²) in [5.41, 5.74) is 11.9. The Morgan fingerprint density at radius 2 is 0.689 bits per heavy atom. The highest BCUT2D eigenvalue weighted by Crippen LogP contribution is 2.33. The molecule has 0 aliphatic carbocycles. The van der Waals surface area contributed by atoms with Gasteiger partial charge in [-0.2, -0.15) is 39.5 Å². The van der Waals surface area contributed by atoms with Gasteiger partial charge in [0.2, 0.25) is 11.8 Å². The molecule has 3 aromatic heterocycles. The van der Waals surface area contributed by atoms with E-state index in [2.05, 4.69) is 25.6 Å². The van der Waals surface area contributed by atoms with E-state index in [1.54, 1.807) is 97.1 Å². The molecule has 135 heavy (non-hydrogen) atoms. The van der Waals surface area contributed by atoms with Gasteiger partial charge in [0.25, 0.3) is 34.3 Å². The van der Waals surface area contributed by atoms with Gasteiger partial charge in [0.15, 0.2) is 17.1 Å². The number of benzene rings is 9. The zero-order chi connectivity index (χ0) is 102. The number of aromatic carboxylic acids is 1. The van der Waals surface area contributed by atoms with Gasteiger partial charge in [0, 0.05) is 154 Å². The van der Waals surface area contributed by atoms with Gasteiger partial charge in [-0.3, -0.25) is 84.1 Å². The number of nitrogens with two attached hydrogens (primary N) is 2. The minimum absolute atomic E-state index is 0.0170. The number of carbonyl (C=O) groups excluding carboxylic acids is 6.